The van der Waals surface area contributed by atoms with Crippen LogP contribution < -0.4 is 10.2 Å². The second-order valence-electron chi connectivity index (χ2n) is 6.17. The summed E-state index contributed by atoms with van der Waals surface area (Å²) in [6.45, 7) is 3.30. The topological polar surface area (TPSA) is 32.3 Å². The summed E-state index contributed by atoms with van der Waals surface area (Å²) in [5.74, 6) is 1.06. The van der Waals surface area contributed by atoms with Crippen LogP contribution in [-0.4, -0.2) is 32.5 Å². The number of piperidine rings is 1. The number of nitrogens with one attached hydrogen (secondary N) is 1. The van der Waals surface area contributed by atoms with Gasteiger partial charge in [0.2, 0.25) is 0 Å². The van der Waals surface area contributed by atoms with E-state index in [9.17, 15) is 4.79 Å². The van der Waals surface area contributed by atoms with Gasteiger partial charge in [0.25, 0.3) is 0 Å². The number of carbonyl (C=O) groups excluding carboxylic acids is 1. The minimum atomic E-state index is 0.320. The van der Waals surface area contributed by atoms with Crippen molar-refractivity contribution in [2.45, 2.75) is 32.1 Å². The van der Waals surface area contributed by atoms with Crippen LogP contribution in [0.2, 0.25) is 0 Å². The molecular formula is C17H24N2O. The molecule has 1 aromatic carbocycles. The molecule has 3 rings (SSSR count). The van der Waals surface area contributed by atoms with Gasteiger partial charge in [-0.1, -0.05) is 0 Å². The van der Waals surface area contributed by atoms with Gasteiger partial charge in [0.15, 0.2) is 5.78 Å². The van der Waals surface area contributed by atoms with E-state index in [1.54, 1.807) is 0 Å². The van der Waals surface area contributed by atoms with E-state index in [0.717, 1.165) is 44.0 Å². The van der Waals surface area contributed by atoms with Crippen LogP contribution in [0.1, 0.15) is 41.6 Å². The number of benzene rings is 1. The lowest BCUT2D eigenvalue weighted by atomic mass is 9.91. The molecule has 2 aliphatic rings. The lowest BCUT2D eigenvalue weighted by Crippen LogP contribution is -2.28. The highest BCUT2D eigenvalue weighted by molar-refractivity contribution is 5.96. The number of anilines is 1. The second-order valence-corrected chi connectivity index (χ2v) is 6.17. The average Bonchev–Trinajstić information content (AvgIpc) is 2.87. The first kappa shape index (κ1) is 13.6. The molecular weight excluding hydrogens is 248 g/mol. The van der Waals surface area contributed by atoms with Gasteiger partial charge < -0.3 is 10.2 Å². The van der Waals surface area contributed by atoms with Crippen LogP contribution in [0.5, 0.6) is 0 Å². The average molecular weight is 272 g/mol. The Labute approximate surface area is 121 Å². The van der Waals surface area contributed by atoms with E-state index in [0.29, 0.717) is 12.2 Å². The predicted molar refractivity (Wildman–Crippen MR) is 82.6 cm³/mol. The Morgan fingerprint density at radius 2 is 2.15 bits per heavy atom. The minimum absolute atomic E-state index is 0.320. The van der Waals surface area contributed by atoms with E-state index in [4.69, 9.17) is 0 Å². The van der Waals surface area contributed by atoms with Crippen molar-refractivity contribution < 1.29 is 4.79 Å². The van der Waals surface area contributed by atoms with Crippen LogP contribution in [0.15, 0.2) is 18.2 Å². The first-order valence-corrected chi connectivity index (χ1v) is 7.82. The summed E-state index contributed by atoms with van der Waals surface area (Å²) >= 11 is 0. The Bertz CT molecular complexity index is 492. The molecule has 0 spiro atoms. The largest absolute Gasteiger partial charge is 0.374 e. The number of hydrogen-bond acceptors (Lipinski definition) is 3. The normalized spacial score (nSPS) is 19.1. The van der Waals surface area contributed by atoms with Gasteiger partial charge in [-0.05, 0) is 68.5 Å². The zero-order valence-electron chi connectivity index (χ0n) is 12.3. The molecule has 20 heavy (non-hydrogen) atoms. The number of likely N-dealkylation sites (N-methyl/N-ethyl adjacent to an activating group) is 1. The summed E-state index contributed by atoms with van der Waals surface area (Å²) in [4.78, 5) is 14.6. The fourth-order valence-corrected chi connectivity index (χ4v) is 3.39. The van der Waals surface area contributed by atoms with Gasteiger partial charge in [0.1, 0.15) is 0 Å². The molecule has 0 saturated carbocycles. The van der Waals surface area contributed by atoms with Gasteiger partial charge >= 0.3 is 0 Å². The van der Waals surface area contributed by atoms with Crippen LogP contribution in [0.3, 0.4) is 0 Å². The second kappa shape index (κ2) is 5.96. The van der Waals surface area contributed by atoms with E-state index in [2.05, 4.69) is 29.4 Å². The van der Waals surface area contributed by atoms with Crippen molar-refractivity contribution in [2.24, 2.45) is 5.92 Å². The Balaban J connectivity index is 1.60. The van der Waals surface area contributed by atoms with Crippen LogP contribution in [-0.2, 0) is 6.42 Å². The monoisotopic (exact) mass is 272 g/mol. The third-order valence-corrected chi connectivity index (χ3v) is 4.77. The molecule has 1 aromatic rings. The Morgan fingerprint density at radius 1 is 1.35 bits per heavy atom. The first-order valence-electron chi connectivity index (χ1n) is 7.82. The Kier molecular flexibility index (Phi) is 4.06. The van der Waals surface area contributed by atoms with Crippen molar-refractivity contribution in [3.05, 3.63) is 29.3 Å². The fourth-order valence-electron chi connectivity index (χ4n) is 3.39. The molecule has 2 heterocycles. The molecule has 2 aliphatic heterocycles. The third-order valence-electron chi connectivity index (χ3n) is 4.77. The standard InChI is InChI=1S/C17H24N2O/c1-19-11-8-14-12-15(3-4-16(14)19)17(20)5-2-13-6-9-18-10-7-13/h3-4,12-13,18H,2,5-11H2,1H3. The highest BCUT2D eigenvalue weighted by Gasteiger charge is 2.19. The maximum Gasteiger partial charge on any atom is 0.162 e. The van der Waals surface area contributed by atoms with Crippen molar-refractivity contribution >= 4 is 11.5 Å². The maximum absolute atomic E-state index is 12.3. The molecule has 0 atom stereocenters. The molecule has 0 aliphatic carbocycles. The highest BCUT2D eigenvalue weighted by atomic mass is 16.1. The fraction of sp³-hybridized carbons (Fsp3) is 0.588. The number of Topliss-reactive ketones (excluding diaryl/α,β-unsaturated/α-hetero) is 1. The van der Waals surface area contributed by atoms with E-state index in [1.807, 2.05) is 6.07 Å². The molecule has 1 fully saturated rings. The number of ketones is 1. The molecule has 108 valence electrons. The Hall–Kier alpha value is -1.35. The number of rotatable bonds is 4. The first-order chi connectivity index (χ1) is 9.74. The van der Waals surface area contributed by atoms with E-state index < -0.39 is 0 Å². The predicted octanol–water partition coefficient (Wildman–Crippen LogP) is 2.64. The third kappa shape index (κ3) is 2.88. The van der Waals surface area contributed by atoms with Crippen molar-refractivity contribution in [2.75, 3.05) is 31.6 Å². The maximum atomic E-state index is 12.3. The highest BCUT2D eigenvalue weighted by Crippen LogP contribution is 2.28. The van der Waals surface area contributed by atoms with Crippen molar-refractivity contribution in [3.8, 4) is 0 Å². The van der Waals surface area contributed by atoms with Crippen molar-refractivity contribution in [1.29, 1.82) is 0 Å². The quantitative estimate of drug-likeness (QED) is 0.855. The molecule has 0 aromatic heterocycles. The number of hydrogen-bond donors (Lipinski definition) is 1. The number of carbonyl (C=O) groups is 1. The molecule has 1 N–H and O–H groups in total. The van der Waals surface area contributed by atoms with E-state index in [-0.39, 0.29) is 0 Å². The van der Waals surface area contributed by atoms with Gasteiger partial charge in [-0.25, -0.2) is 0 Å². The van der Waals surface area contributed by atoms with Crippen molar-refractivity contribution in [3.63, 3.8) is 0 Å². The summed E-state index contributed by atoms with van der Waals surface area (Å²) in [5, 5.41) is 3.38. The minimum Gasteiger partial charge on any atom is -0.374 e. The van der Waals surface area contributed by atoms with Gasteiger partial charge in [0.05, 0.1) is 0 Å². The zero-order chi connectivity index (χ0) is 13.9. The zero-order valence-corrected chi connectivity index (χ0v) is 12.3. The van der Waals surface area contributed by atoms with Crippen molar-refractivity contribution in [1.82, 2.24) is 5.32 Å². The van der Waals surface area contributed by atoms with E-state index >= 15 is 0 Å². The summed E-state index contributed by atoms with van der Waals surface area (Å²) < 4.78 is 0. The smallest absolute Gasteiger partial charge is 0.162 e. The van der Waals surface area contributed by atoms with Gasteiger partial charge in [0, 0.05) is 31.3 Å². The van der Waals surface area contributed by atoms with Crippen LogP contribution in [0.25, 0.3) is 0 Å². The molecule has 0 unspecified atom stereocenters. The molecule has 3 nitrogen and oxygen atoms in total. The summed E-state index contributed by atoms with van der Waals surface area (Å²) in [7, 11) is 2.12. The van der Waals surface area contributed by atoms with Crippen LogP contribution in [0.4, 0.5) is 5.69 Å². The lowest BCUT2D eigenvalue weighted by molar-refractivity contribution is 0.0970. The molecule has 1 saturated heterocycles. The van der Waals surface area contributed by atoms with Gasteiger partial charge in [-0.3, -0.25) is 4.79 Å². The summed E-state index contributed by atoms with van der Waals surface area (Å²) in [6.07, 6.45) is 5.28. The molecule has 0 amide bonds. The van der Waals surface area contributed by atoms with Crippen LogP contribution >= 0.6 is 0 Å². The van der Waals surface area contributed by atoms with E-state index in [1.165, 1.54) is 24.1 Å². The molecule has 0 bridgehead atoms. The van der Waals surface area contributed by atoms with Crippen LogP contribution in [0, 0.1) is 5.92 Å². The Morgan fingerprint density at radius 3 is 2.95 bits per heavy atom. The molecule has 0 radical (unpaired) electrons. The number of fused-ring (bicyclic) bond motifs is 1. The van der Waals surface area contributed by atoms with Gasteiger partial charge in [-0.2, -0.15) is 0 Å². The lowest BCUT2D eigenvalue weighted by Gasteiger charge is -2.22. The molecule has 3 heteroatoms. The summed E-state index contributed by atoms with van der Waals surface area (Å²) in [5.41, 5.74) is 3.54. The summed E-state index contributed by atoms with van der Waals surface area (Å²) in [6, 6.07) is 6.23. The van der Waals surface area contributed by atoms with Gasteiger partial charge in [-0.15, -0.1) is 0 Å². The SMILES string of the molecule is CN1CCc2cc(C(=O)CCC3CCNCC3)ccc21. The number of nitrogens with zero attached hydrogens (tertiary/aromatic N) is 1.